The number of carbonyl (C=O) groups is 1. The van der Waals surface area contributed by atoms with E-state index in [2.05, 4.69) is 0 Å². The summed E-state index contributed by atoms with van der Waals surface area (Å²) >= 11 is 0. The SMILES string of the molecule is CC1=C(C)C[C@@H](C(=O)NS(=O)(=O)CC(F)(F)F)CC1. The minimum atomic E-state index is -4.86. The van der Waals surface area contributed by atoms with E-state index < -0.39 is 33.8 Å². The number of amides is 1. The van der Waals surface area contributed by atoms with E-state index in [1.165, 1.54) is 4.72 Å². The number of sulfonamides is 1. The largest absolute Gasteiger partial charge is 0.404 e. The number of halogens is 3. The Kier molecular flexibility index (Phi) is 4.65. The van der Waals surface area contributed by atoms with Gasteiger partial charge >= 0.3 is 6.18 Å². The highest BCUT2D eigenvalue weighted by Gasteiger charge is 2.37. The van der Waals surface area contributed by atoms with Gasteiger partial charge in [-0.05, 0) is 33.1 Å². The molecule has 1 rings (SSSR count). The quantitative estimate of drug-likeness (QED) is 0.812. The Hall–Kier alpha value is -1.05. The van der Waals surface area contributed by atoms with Gasteiger partial charge in [-0.1, -0.05) is 11.1 Å². The Balaban J connectivity index is 2.66. The molecule has 0 radical (unpaired) electrons. The van der Waals surface area contributed by atoms with Crippen LogP contribution in [0.4, 0.5) is 13.2 Å². The zero-order valence-corrected chi connectivity index (χ0v) is 11.5. The number of carbonyl (C=O) groups excluding carboxylic acids is 1. The number of hydrogen-bond donors (Lipinski definition) is 1. The summed E-state index contributed by atoms with van der Waals surface area (Å²) in [4.78, 5) is 11.7. The summed E-state index contributed by atoms with van der Waals surface area (Å²) in [6.45, 7) is 3.75. The van der Waals surface area contributed by atoms with Crippen molar-refractivity contribution in [3.63, 3.8) is 0 Å². The van der Waals surface area contributed by atoms with E-state index in [0.717, 1.165) is 11.1 Å². The Morgan fingerprint density at radius 1 is 1.32 bits per heavy atom. The summed E-state index contributed by atoms with van der Waals surface area (Å²) in [6, 6.07) is 0. The van der Waals surface area contributed by atoms with Crippen molar-refractivity contribution < 1.29 is 26.4 Å². The van der Waals surface area contributed by atoms with Gasteiger partial charge in [0, 0.05) is 5.92 Å². The molecular formula is C11H16F3NO3S. The molecule has 0 aromatic carbocycles. The molecule has 0 fully saturated rings. The van der Waals surface area contributed by atoms with Crippen LogP contribution in [0.1, 0.15) is 33.1 Å². The smallest absolute Gasteiger partial charge is 0.274 e. The van der Waals surface area contributed by atoms with Gasteiger partial charge in [-0.2, -0.15) is 13.2 Å². The standard InChI is InChI=1S/C11H16F3NO3S/c1-7-3-4-9(5-8(7)2)10(16)15-19(17,18)6-11(12,13)14/h9H,3-6H2,1-2H3,(H,15,16)/t9-/m0/s1. The van der Waals surface area contributed by atoms with Crippen LogP contribution < -0.4 is 4.72 Å². The number of alkyl halides is 3. The number of nitrogens with one attached hydrogen (secondary N) is 1. The summed E-state index contributed by atoms with van der Waals surface area (Å²) in [5.74, 6) is -3.46. The molecule has 0 spiro atoms. The zero-order valence-electron chi connectivity index (χ0n) is 10.7. The lowest BCUT2D eigenvalue weighted by Crippen LogP contribution is -2.41. The van der Waals surface area contributed by atoms with Gasteiger partial charge in [0.1, 0.15) is 0 Å². The van der Waals surface area contributed by atoms with Gasteiger partial charge in [0.15, 0.2) is 5.75 Å². The lowest BCUT2D eigenvalue weighted by molar-refractivity contribution is -0.123. The average Bonchev–Trinajstić information content (AvgIpc) is 2.17. The molecule has 1 amide bonds. The molecular weight excluding hydrogens is 283 g/mol. The number of hydrogen-bond acceptors (Lipinski definition) is 3. The van der Waals surface area contributed by atoms with Crippen LogP contribution in [0.3, 0.4) is 0 Å². The molecule has 110 valence electrons. The van der Waals surface area contributed by atoms with E-state index in [-0.39, 0.29) is 0 Å². The van der Waals surface area contributed by atoms with Gasteiger partial charge in [-0.15, -0.1) is 0 Å². The fraction of sp³-hybridized carbons (Fsp3) is 0.727. The highest BCUT2D eigenvalue weighted by molar-refractivity contribution is 7.90. The van der Waals surface area contributed by atoms with Crippen molar-refractivity contribution in [1.29, 1.82) is 0 Å². The Bertz CT molecular complexity index is 494. The molecule has 0 saturated carbocycles. The molecule has 0 unspecified atom stereocenters. The van der Waals surface area contributed by atoms with Crippen molar-refractivity contribution in [1.82, 2.24) is 4.72 Å². The third-order valence-corrected chi connectivity index (χ3v) is 4.35. The van der Waals surface area contributed by atoms with Crippen molar-refractivity contribution in [2.75, 3.05) is 5.75 Å². The molecule has 1 aliphatic rings. The van der Waals surface area contributed by atoms with E-state index in [4.69, 9.17) is 0 Å². The van der Waals surface area contributed by atoms with Crippen molar-refractivity contribution >= 4 is 15.9 Å². The highest BCUT2D eigenvalue weighted by Crippen LogP contribution is 2.29. The minimum Gasteiger partial charge on any atom is -0.274 e. The second-order valence-corrected chi connectivity index (χ2v) is 6.56. The van der Waals surface area contributed by atoms with Crippen LogP contribution in [0.5, 0.6) is 0 Å². The highest BCUT2D eigenvalue weighted by atomic mass is 32.2. The summed E-state index contributed by atoms with van der Waals surface area (Å²) in [5, 5.41) is 0. The minimum absolute atomic E-state index is 0.388. The van der Waals surface area contributed by atoms with Crippen LogP contribution in [0, 0.1) is 5.92 Å². The molecule has 0 saturated heterocycles. The Morgan fingerprint density at radius 3 is 2.37 bits per heavy atom. The first-order valence-electron chi connectivity index (χ1n) is 5.76. The Morgan fingerprint density at radius 2 is 1.89 bits per heavy atom. The molecule has 0 aliphatic heterocycles. The third-order valence-electron chi connectivity index (χ3n) is 3.13. The predicted octanol–water partition coefficient (Wildman–Crippen LogP) is 2.13. The maximum absolute atomic E-state index is 12.0. The van der Waals surface area contributed by atoms with E-state index >= 15 is 0 Å². The first-order valence-corrected chi connectivity index (χ1v) is 7.42. The maximum atomic E-state index is 12.0. The third kappa shape index (κ3) is 5.22. The average molecular weight is 299 g/mol. The fourth-order valence-electron chi connectivity index (χ4n) is 1.96. The lowest BCUT2D eigenvalue weighted by Gasteiger charge is -2.23. The van der Waals surface area contributed by atoms with Crippen LogP contribution in [0.2, 0.25) is 0 Å². The topological polar surface area (TPSA) is 63.2 Å². The van der Waals surface area contributed by atoms with Gasteiger partial charge in [0.05, 0.1) is 0 Å². The Labute approximate surface area is 110 Å². The van der Waals surface area contributed by atoms with Crippen LogP contribution in [-0.4, -0.2) is 26.3 Å². The zero-order chi connectivity index (χ0) is 14.8. The van der Waals surface area contributed by atoms with E-state index in [9.17, 15) is 26.4 Å². The van der Waals surface area contributed by atoms with Gasteiger partial charge in [0.2, 0.25) is 15.9 Å². The summed E-state index contributed by atoms with van der Waals surface area (Å²) in [7, 11) is -4.66. The van der Waals surface area contributed by atoms with Crippen LogP contribution in [0.15, 0.2) is 11.1 Å². The molecule has 0 aromatic heterocycles. The van der Waals surface area contributed by atoms with Crippen LogP contribution in [-0.2, 0) is 14.8 Å². The van der Waals surface area contributed by atoms with Crippen molar-refractivity contribution in [3.05, 3.63) is 11.1 Å². The van der Waals surface area contributed by atoms with Crippen molar-refractivity contribution in [2.45, 2.75) is 39.3 Å². The molecule has 19 heavy (non-hydrogen) atoms. The second-order valence-electron chi connectivity index (χ2n) is 4.84. The van der Waals surface area contributed by atoms with E-state index in [1.807, 2.05) is 13.8 Å². The van der Waals surface area contributed by atoms with Gasteiger partial charge in [-0.25, -0.2) is 8.42 Å². The molecule has 0 heterocycles. The lowest BCUT2D eigenvalue weighted by atomic mass is 9.85. The van der Waals surface area contributed by atoms with Crippen molar-refractivity contribution in [2.24, 2.45) is 5.92 Å². The second kappa shape index (κ2) is 5.52. The van der Waals surface area contributed by atoms with E-state index in [1.54, 1.807) is 0 Å². The predicted molar refractivity (Wildman–Crippen MR) is 63.7 cm³/mol. The molecule has 1 N–H and O–H groups in total. The number of rotatable bonds is 3. The monoisotopic (exact) mass is 299 g/mol. The maximum Gasteiger partial charge on any atom is 0.404 e. The summed E-state index contributed by atoms with van der Waals surface area (Å²) in [5.41, 5.74) is 2.13. The molecule has 0 bridgehead atoms. The first kappa shape index (κ1) is 16.0. The van der Waals surface area contributed by atoms with Crippen molar-refractivity contribution in [3.8, 4) is 0 Å². The van der Waals surface area contributed by atoms with Gasteiger partial charge < -0.3 is 0 Å². The first-order chi connectivity index (χ1) is 8.50. The van der Waals surface area contributed by atoms with E-state index in [0.29, 0.717) is 19.3 Å². The fourth-order valence-corrected chi connectivity index (χ4v) is 2.94. The molecule has 0 aromatic rings. The van der Waals surface area contributed by atoms with Crippen LogP contribution >= 0.6 is 0 Å². The molecule has 1 aliphatic carbocycles. The summed E-state index contributed by atoms with van der Waals surface area (Å²) < 4.78 is 59.9. The van der Waals surface area contributed by atoms with Gasteiger partial charge in [-0.3, -0.25) is 9.52 Å². The summed E-state index contributed by atoms with van der Waals surface area (Å²) in [6.07, 6.45) is -3.36. The molecule has 4 nitrogen and oxygen atoms in total. The number of allylic oxidation sites excluding steroid dienone is 2. The molecule has 8 heteroatoms. The molecule has 1 atom stereocenters. The van der Waals surface area contributed by atoms with Crippen LogP contribution in [0.25, 0.3) is 0 Å². The van der Waals surface area contributed by atoms with Gasteiger partial charge in [0.25, 0.3) is 0 Å². The normalized spacial score (nSPS) is 21.4.